The molecule has 1 fully saturated rings. The van der Waals surface area contributed by atoms with E-state index in [1.807, 2.05) is 20.8 Å². The molecule has 95 heavy (non-hydrogen) atoms. The molecule has 0 bridgehead atoms. The lowest BCUT2D eigenvalue weighted by molar-refractivity contribution is -0.142. The molecule has 1 aromatic heterocycles. The van der Waals surface area contributed by atoms with Gasteiger partial charge in [-0.25, -0.2) is 9.59 Å². The third-order valence-electron chi connectivity index (χ3n) is 16.4. The molecule has 4 aromatic rings. The Morgan fingerprint density at radius 3 is 1.77 bits per heavy atom. The van der Waals surface area contributed by atoms with Gasteiger partial charge in [0.2, 0.25) is 53.2 Å². The molecule has 0 saturated carbocycles. The highest BCUT2D eigenvalue weighted by Gasteiger charge is 2.41. The average Bonchev–Trinajstić information content (AvgIpc) is 1.81. The van der Waals surface area contributed by atoms with Gasteiger partial charge in [0.1, 0.15) is 59.7 Å². The van der Waals surface area contributed by atoms with Gasteiger partial charge in [-0.2, -0.15) is 0 Å². The van der Waals surface area contributed by atoms with Crippen molar-refractivity contribution >= 4 is 76.1 Å². The van der Waals surface area contributed by atoms with Gasteiger partial charge in [-0.3, -0.25) is 48.1 Å². The average molecular weight is 1320 g/mol. The van der Waals surface area contributed by atoms with E-state index in [0.717, 1.165) is 0 Å². The van der Waals surface area contributed by atoms with Crippen LogP contribution in [-0.4, -0.2) is 163 Å². The Morgan fingerprint density at radius 2 is 1.20 bits per heavy atom. The van der Waals surface area contributed by atoms with Crippen LogP contribution >= 0.6 is 0 Å². The van der Waals surface area contributed by atoms with Crippen LogP contribution in [0.5, 0.6) is 5.75 Å². The fourth-order valence-corrected chi connectivity index (χ4v) is 11.0. The number of hydrogen-bond donors (Lipinski definition) is 13. The summed E-state index contributed by atoms with van der Waals surface area (Å²) in [6.07, 6.45) is 2.89. The second-order valence-corrected chi connectivity index (χ2v) is 24.3. The molecule has 0 aliphatic carbocycles. The number of hydrogen-bond acceptors (Lipinski definition) is 16. The van der Waals surface area contributed by atoms with Gasteiger partial charge in [0.15, 0.2) is 5.96 Å². The minimum absolute atomic E-state index is 0.0542. The normalized spacial score (nSPS) is 15.3. The number of methoxy groups -OCH3 is 1. The summed E-state index contributed by atoms with van der Waals surface area (Å²) in [5.41, 5.74) is 23.7. The summed E-state index contributed by atoms with van der Waals surface area (Å²) < 4.78 is 10.5. The summed E-state index contributed by atoms with van der Waals surface area (Å²) in [6.45, 7) is 7.50. The van der Waals surface area contributed by atoms with Crippen LogP contribution in [0, 0.1) is 11.8 Å². The number of likely N-dealkylation sites (tertiary alicyclic amines) is 1. The lowest BCUT2D eigenvalue weighted by atomic mass is 9.96. The monoisotopic (exact) mass is 1320 g/mol. The van der Waals surface area contributed by atoms with Crippen molar-refractivity contribution in [1.82, 2.24) is 47.4 Å². The number of amides is 9. The van der Waals surface area contributed by atoms with Crippen LogP contribution in [0.1, 0.15) is 121 Å². The highest BCUT2D eigenvalue weighted by atomic mass is 16.5. The molecule has 17 N–H and O–H groups in total. The van der Waals surface area contributed by atoms with Gasteiger partial charge in [-0.15, -0.1) is 0 Å². The van der Waals surface area contributed by atoms with Gasteiger partial charge >= 0.3 is 11.6 Å². The van der Waals surface area contributed by atoms with Crippen molar-refractivity contribution in [2.45, 2.75) is 172 Å². The maximum atomic E-state index is 15.0. The number of aliphatic imine (C=N–C) groups is 1. The topological polar surface area (TPSA) is 446 Å². The Labute approximate surface area is 553 Å². The third-order valence-corrected chi connectivity index (χ3v) is 16.4. The molecule has 518 valence electrons. The quantitative estimate of drug-likeness (QED) is 0.0127. The van der Waals surface area contributed by atoms with E-state index in [-0.39, 0.29) is 88.3 Å². The number of rotatable bonds is 40. The summed E-state index contributed by atoms with van der Waals surface area (Å²) >= 11 is 0. The first-order chi connectivity index (χ1) is 45.4. The molecule has 5 rings (SSSR count). The smallest absolute Gasteiger partial charge is 0.336 e. The molecule has 1 saturated heterocycles. The van der Waals surface area contributed by atoms with Crippen molar-refractivity contribution in [3.05, 3.63) is 112 Å². The molecular formula is C67H96N14O14. The van der Waals surface area contributed by atoms with Crippen LogP contribution in [0.15, 0.2) is 99.1 Å². The molecule has 3 aromatic carbocycles. The maximum absolute atomic E-state index is 15.0. The van der Waals surface area contributed by atoms with Gasteiger partial charge in [0, 0.05) is 43.5 Å². The van der Waals surface area contributed by atoms with E-state index >= 15 is 0 Å². The van der Waals surface area contributed by atoms with Crippen LogP contribution in [-0.2, 0) is 67.2 Å². The molecule has 0 spiro atoms. The first-order valence-electron chi connectivity index (χ1n) is 32.5. The molecule has 0 unspecified atom stereocenters. The fourth-order valence-electron chi connectivity index (χ4n) is 11.0. The van der Waals surface area contributed by atoms with Crippen molar-refractivity contribution in [3.8, 4) is 5.75 Å². The van der Waals surface area contributed by atoms with Gasteiger partial charge in [-0.05, 0) is 124 Å². The summed E-state index contributed by atoms with van der Waals surface area (Å²) in [7, 11) is 1.46. The van der Waals surface area contributed by atoms with Crippen molar-refractivity contribution < 1.29 is 62.2 Å². The van der Waals surface area contributed by atoms with Gasteiger partial charge < -0.3 is 84.6 Å². The zero-order chi connectivity index (χ0) is 69.6. The molecular weight excluding hydrogens is 1220 g/mol. The number of nitrogens with two attached hydrogens (primary N) is 4. The van der Waals surface area contributed by atoms with E-state index in [1.54, 1.807) is 79.7 Å². The van der Waals surface area contributed by atoms with Crippen LogP contribution in [0.25, 0.3) is 11.0 Å². The van der Waals surface area contributed by atoms with E-state index in [0.29, 0.717) is 79.4 Å². The number of aliphatic carboxylic acids is 1. The fraction of sp³-hybridized carbons (Fsp3) is 0.522. The number of guanidine groups is 1. The molecule has 0 radical (unpaired) electrons. The van der Waals surface area contributed by atoms with E-state index in [9.17, 15) is 57.8 Å². The zero-order valence-electron chi connectivity index (χ0n) is 55.0. The highest BCUT2D eigenvalue weighted by molar-refractivity contribution is 5.99. The molecule has 9 atom stereocenters. The largest absolute Gasteiger partial charge is 0.497 e. The number of nitrogens with one attached hydrogen (secondary N) is 8. The lowest BCUT2D eigenvalue weighted by Gasteiger charge is -2.32. The Balaban J connectivity index is 1.36. The van der Waals surface area contributed by atoms with Crippen molar-refractivity contribution in [2.75, 3.05) is 39.8 Å². The zero-order valence-corrected chi connectivity index (χ0v) is 55.0. The molecule has 1 aliphatic rings. The SMILES string of the molecule is CC[C@H](C)[C@H](NC(=O)[C@@H]1CCCN1C(=O)[C@H](CCCCN)NC(=O)CNC(=O)Cc1cc(=O)oc2cc(OC)ccc12)C(=O)N[C@@H](Cc1ccccc1)C(=O)N[C@@H](Cc1ccccc1)C(=O)N[C@@H](CCCN=C(N)N)C(=O)N[C@@H](CC(C)C)C(=O)N[C@@H](CCCCN)C(=O)O. The molecule has 2 heterocycles. The standard InChI is InChI=1S/C67H96N14O14/c1-6-41(4)58(80-63(89)53-26-18-32-81(53)65(91)48(23-13-15-29-68)74-56(83)39-73-55(82)36-44-37-57(84)95-54-38-45(94-5)27-28-46(44)54)64(90)79-52(35-43-21-11-8-12-22-43)62(88)78-51(34-42-19-9-7-10-20-42)61(87)75-47(25-17-31-72-67(70)71)59(85)77-50(33-40(2)3)60(86)76-49(66(92)93)24-14-16-30-69/h7-12,19-22,27-28,37-38,40-41,47-53,58H,6,13-18,23-26,29-36,39,68-69H2,1-5H3,(H,73,82)(H,74,83)(H,75,87)(H,76,86)(H,77,85)(H,78,88)(H,79,90)(H,80,89)(H,92,93)(H4,70,71,72)/t41-,47-,48-,49-,50-,51-,52-,53-,58-/m0/s1. The number of nitrogens with zero attached hydrogens (tertiary/aromatic N) is 2. The summed E-state index contributed by atoms with van der Waals surface area (Å²) in [4.78, 5) is 159. The third kappa shape index (κ3) is 25.1. The minimum Gasteiger partial charge on any atom is -0.497 e. The van der Waals surface area contributed by atoms with Gasteiger partial charge in [0.25, 0.3) is 0 Å². The second-order valence-electron chi connectivity index (χ2n) is 24.3. The number of unbranched alkanes of at least 4 members (excludes halogenated alkanes) is 2. The maximum Gasteiger partial charge on any atom is 0.336 e. The number of fused-ring (bicyclic) bond motifs is 1. The Hall–Kier alpha value is -9.44. The number of carbonyl (C=O) groups excluding carboxylic acids is 9. The number of carbonyl (C=O) groups is 10. The Bertz CT molecular complexity index is 3310. The Kier molecular flexibility index (Phi) is 31.6. The van der Waals surface area contributed by atoms with Gasteiger partial charge in [-0.1, -0.05) is 94.8 Å². The van der Waals surface area contributed by atoms with Gasteiger partial charge in [0.05, 0.1) is 20.1 Å². The summed E-state index contributed by atoms with van der Waals surface area (Å²) in [6, 6.07) is 13.4. The van der Waals surface area contributed by atoms with E-state index in [4.69, 9.17) is 32.1 Å². The van der Waals surface area contributed by atoms with Crippen LogP contribution < -0.4 is 75.8 Å². The van der Waals surface area contributed by atoms with Crippen LogP contribution in [0.2, 0.25) is 0 Å². The number of carboxylic acid groups (broad SMARTS) is 1. The molecule has 28 heteroatoms. The van der Waals surface area contributed by atoms with Crippen molar-refractivity contribution in [3.63, 3.8) is 0 Å². The highest BCUT2D eigenvalue weighted by Crippen LogP contribution is 2.24. The summed E-state index contributed by atoms with van der Waals surface area (Å²) in [5, 5.41) is 32.3. The summed E-state index contributed by atoms with van der Waals surface area (Å²) in [5.74, 6) is -8.12. The molecule has 28 nitrogen and oxygen atoms in total. The number of ether oxygens (including phenoxy) is 1. The second kappa shape index (κ2) is 39.3. The lowest BCUT2D eigenvalue weighted by Crippen LogP contribution is -2.61. The van der Waals surface area contributed by atoms with E-state index in [2.05, 4.69) is 47.5 Å². The predicted octanol–water partition coefficient (Wildman–Crippen LogP) is 0.819. The van der Waals surface area contributed by atoms with E-state index in [1.165, 1.54) is 24.1 Å². The van der Waals surface area contributed by atoms with Crippen LogP contribution in [0.3, 0.4) is 0 Å². The first-order valence-corrected chi connectivity index (χ1v) is 32.5. The number of carboxylic acids is 1. The Morgan fingerprint density at radius 1 is 0.653 bits per heavy atom. The van der Waals surface area contributed by atoms with Crippen molar-refractivity contribution in [2.24, 2.45) is 39.8 Å². The van der Waals surface area contributed by atoms with E-state index < -0.39 is 126 Å². The first kappa shape index (κ1) is 76.3. The number of benzene rings is 3. The minimum atomic E-state index is -1.40. The molecule has 9 amide bonds. The van der Waals surface area contributed by atoms with Crippen LogP contribution in [0.4, 0.5) is 0 Å². The van der Waals surface area contributed by atoms with Crippen molar-refractivity contribution in [1.29, 1.82) is 0 Å². The molecule has 1 aliphatic heterocycles. The predicted molar refractivity (Wildman–Crippen MR) is 357 cm³/mol.